The summed E-state index contributed by atoms with van der Waals surface area (Å²) in [6.07, 6.45) is 4.10. The summed E-state index contributed by atoms with van der Waals surface area (Å²) in [5, 5.41) is 6.67. The highest BCUT2D eigenvalue weighted by atomic mass is 31.2. The third-order valence-corrected chi connectivity index (χ3v) is 6.26. The van der Waals surface area contributed by atoms with Crippen LogP contribution in [0.1, 0.15) is 27.5 Å². The zero-order valence-corrected chi connectivity index (χ0v) is 18.5. The number of rotatable bonds is 6. The van der Waals surface area contributed by atoms with Crippen molar-refractivity contribution in [3.63, 3.8) is 0 Å². The first-order valence-electron chi connectivity index (χ1n) is 9.89. The van der Waals surface area contributed by atoms with Crippen LogP contribution in [0, 0.1) is 11.6 Å². The van der Waals surface area contributed by atoms with Crippen molar-refractivity contribution >= 4 is 18.6 Å². The Morgan fingerprint density at radius 1 is 1.21 bits per heavy atom. The maximum atomic E-state index is 14.6. The number of hydrogen-bond acceptors (Lipinski definition) is 5. The van der Waals surface area contributed by atoms with Crippen molar-refractivity contribution in [2.75, 3.05) is 6.66 Å². The van der Waals surface area contributed by atoms with Gasteiger partial charge >= 0.3 is 0 Å². The van der Waals surface area contributed by atoms with E-state index in [1.807, 2.05) is 0 Å². The first-order chi connectivity index (χ1) is 16.1. The van der Waals surface area contributed by atoms with Crippen LogP contribution in [0.3, 0.4) is 0 Å². The van der Waals surface area contributed by atoms with Crippen LogP contribution in [0.5, 0.6) is 0 Å². The van der Waals surface area contributed by atoms with E-state index in [4.69, 9.17) is 0 Å². The van der Waals surface area contributed by atoms with Crippen molar-refractivity contribution in [3.05, 3.63) is 106 Å². The lowest BCUT2D eigenvalue weighted by Crippen LogP contribution is -2.34. The minimum atomic E-state index is -3.54. The minimum Gasteiger partial charge on any atom is -0.341 e. The molecule has 2 heterocycles. The summed E-state index contributed by atoms with van der Waals surface area (Å²) in [5.74, 6) is -2.49. The Morgan fingerprint density at radius 2 is 1.94 bits per heavy atom. The van der Waals surface area contributed by atoms with Crippen LogP contribution in [-0.2, 0) is 4.57 Å². The maximum absolute atomic E-state index is 14.6. The molecule has 1 unspecified atom stereocenters. The fourth-order valence-corrected chi connectivity index (χ4v) is 3.99. The molecule has 0 aliphatic carbocycles. The van der Waals surface area contributed by atoms with Crippen LogP contribution in [0.25, 0.3) is 5.95 Å². The molecule has 0 saturated heterocycles. The monoisotopic (exact) mass is 485 g/mol. The van der Waals surface area contributed by atoms with Gasteiger partial charge in [-0.2, -0.15) is 5.10 Å². The summed E-state index contributed by atoms with van der Waals surface area (Å²) >= 11 is 0. The number of carbonyl (C=O) groups is 1. The summed E-state index contributed by atoms with van der Waals surface area (Å²) in [7, 11) is -3.54. The number of amides is 1. The standard InChI is InChI=1S/C22H18F2N5O4P/c1-34(32,33)15-6-3-13(4-7-15)19(16-8-5-14(23)11-18(16)24)27-20(30)17-12-25-22(28-21(17)31)29-10-2-9-26-29/h2-12,19H,1H3,(H,27,30)(H,32,33)(H,25,28,31)/t19-/m0/s1. The Kier molecular flexibility index (Phi) is 6.23. The van der Waals surface area contributed by atoms with Crippen molar-refractivity contribution in [1.82, 2.24) is 25.1 Å². The van der Waals surface area contributed by atoms with Gasteiger partial charge in [-0.15, -0.1) is 0 Å². The molecular formula is C22H18F2N5O4P. The van der Waals surface area contributed by atoms with E-state index in [2.05, 4.69) is 20.4 Å². The predicted octanol–water partition coefficient (Wildman–Crippen LogP) is 2.28. The predicted molar refractivity (Wildman–Crippen MR) is 119 cm³/mol. The molecule has 174 valence electrons. The molecule has 12 heteroatoms. The Bertz CT molecular complexity index is 1450. The SMILES string of the molecule is CP(=O)(O)c1ccc([C@H](NC(=O)c2cnc(-n3cccn3)[nH]c2=O)c2ccc(F)cc2F)cc1. The van der Waals surface area contributed by atoms with Crippen molar-refractivity contribution in [2.45, 2.75) is 6.04 Å². The lowest BCUT2D eigenvalue weighted by Gasteiger charge is -2.21. The van der Waals surface area contributed by atoms with Gasteiger partial charge in [0.1, 0.15) is 17.2 Å². The van der Waals surface area contributed by atoms with Crippen molar-refractivity contribution in [3.8, 4) is 5.95 Å². The molecule has 0 saturated carbocycles. The highest BCUT2D eigenvalue weighted by molar-refractivity contribution is 7.65. The second kappa shape index (κ2) is 9.12. The van der Waals surface area contributed by atoms with Crippen LogP contribution in [0.4, 0.5) is 8.78 Å². The van der Waals surface area contributed by atoms with Gasteiger partial charge in [0, 0.05) is 42.2 Å². The molecule has 4 aromatic rings. The van der Waals surface area contributed by atoms with Crippen molar-refractivity contribution in [2.24, 2.45) is 0 Å². The van der Waals surface area contributed by atoms with E-state index in [0.717, 1.165) is 12.3 Å². The summed E-state index contributed by atoms with van der Waals surface area (Å²) in [4.78, 5) is 41.7. The number of hydrogen-bond donors (Lipinski definition) is 3. The van der Waals surface area contributed by atoms with E-state index in [1.54, 1.807) is 12.3 Å². The number of halogens is 2. The lowest BCUT2D eigenvalue weighted by molar-refractivity contribution is 0.0940. The van der Waals surface area contributed by atoms with E-state index in [-0.39, 0.29) is 22.4 Å². The average molecular weight is 485 g/mol. The average Bonchev–Trinajstić information content (AvgIpc) is 3.32. The fourth-order valence-electron chi connectivity index (χ4n) is 3.29. The molecular weight excluding hydrogens is 467 g/mol. The number of benzene rings is 2. The first-order valence-corrected chi connectivity index (χ1v) is 12.0. The highest BCUT2D eigenvalue weighted by Crippen LogP contribution is 2.34. The van der Waals surface area contributed by atoms with Gasteiger partial charge in [0.05, 0.1) is 6.04 Å². The van der Waals surface area contributed by atoms with E-state index in [9.17, 15) is 27.8 Å². The molecule has 4 rings (SSSR count). The maximum Gasteiger partial charge on any atom is 0.265 e. The molecule has 0 radical (unpaired) electrons. The van der Waals surface area contributed by atoms with Crippen LogP contribution in [0.2, 0.25) is 0 Å². The van der Waals surface area contributed by atoms with Gasteiger partial charge in [0.25, 0.3) is 11.5 Å². The van der Waals surface area contributed by atoms with Crippen molar-refractivity contribution in [1.29, 1.82) is 0 Å². The van der Waals surface area contributed by atoms with E-state index < -0.39 is 36.5 Å². The van der Waals surface area contributed by atoms with Crippen LogP contribution < -0.4 is 16.2 Å². The number of carbonyl (C=O) groups excluding carboxylic acids is 1. The minimum absolute atomic E-state index is 0.0660. The zero-order valence-electron chi connectivity index (χ0n) is 17.6. The molecule has 2 aromatic heterocycles. The van der Waals surface area contributed by atoms with Crippen LogP contribution in [-0.4, -0.2) is 37.2 Å². The van der Waals surface area contributed by atoms with E-state index >= 15 is 0 Å². The topological polar surface area (TPSA) is 130 Å². The normalized spacial score (nSPS) is 13.8. The summed E-state index contributed by atoms with van der Waals surface area (Å²) in [6, 6.07) is 9.01. The zero-order chi connectivity index (χ0) is 24.5. The van der Waals surface area contributed by atoms with Gasteiger partial charge in [-0.1, -0.05) is 18.2 Å². The van der Waals surface area contributed by atoms with Gasteiger partial charge in [-0.25, -0.2) is 18.4 Å². The molecule has 0 fully saturated rings. The van der Waals surface area contributed by atoms with E-state index in [1.165, 1.54) is 47.9 Å². The molecule has 0 aliphatic rings. The second-order valence-electron chi connectivity index (χ2n) is 7.44. The Balaban J connectivity index is 1.70. The van der Waals surface area contributed by atoms with Gasteiger partial charge in [-0.05, 0) is 29.8 Å². The molecule has 2 atom stereocenters. The number of H-pyrrole nitrogens is 1. The van der Waals surface area contributed by atoms with Gasteiger partial charge < -0.3 is 10.2 Å². The number of aromatic nitrogens is 4. The van der Waals surface area contributed by atoms with Gasteiger partial charge in [0.2, 0.25) is 13.3 Å². The summed E-state index contributed by atoms with van der Waals surface area (Å²) < 4.78 is 41.3. The second-order valence-corrected chi connectivity index (χ2v) is 9.72. The lowest BCUT2D eigenvalue weighted by atomic mass is 9.97. The third-order valence-electron chi connectivity index (χ3n) is 5.01. The van der Waals surface area contributed by atoms with Crippen LogP contribution >= 0.6 is 7.37 Å². The molecule has 0 bridgehead atoms. The van der Waals surface area contributed by atoms with Gasteiger partial charge in [-0.3, -0.25) is 19.1 Å². The molecule has 0 spiro atoms. The molecule has 2 aromatic carbocycles. The summed E-state index contributed by atoms with van der Waals surface area (Å²) in [6.45, 7) is 1.17. The Hall–Kier alpha value is -3.95. The molecule has 0 aliphatic heterocycles. The molecule has 1 amide bonds. The van der Waals surface area contributed by atoms with Crippen molar-refractivity contribution < 1.29 is 23.0 Å². The third kappa shape index (κ3) is 4.85. The van der Waals surface area contributed by atoms with Crippen LogP contribution in [0.15, 0.2) is 71.9 Å². The number of nitrogens with zero attached hydrogens (tertiary/aromatic N) is 3. The molecule has 9 nitrogen and oxygen atoms in total. The number of aromatic amines is 1. The Morgan fingerprint density at radius 3 is 2.53 bits per heavy atom. The number of nitrogens with one attached hydrogen (secondary N) is 2. The van der Waals surface area contributed by atoms with Gasteiger partial charge in [0.15, 0.2) is 0 Å². The largest absolute Gasteiger partial charge is 0.341 e. The summed E-state index contributed by atoms with van der Waals surface area (Å²) in [5.41, 5.74) is -0.815. The highest BCUT2D eigenvalue weighted by Gasteiger charge is 2.24. The molecule has 34 heavy (non-hydrogen) atoms. The molecule has 3 N–H and O–H groups in total. The first kappa shape index (κ1) is 23.2. The Labute approximate surface area is 191 Å². The smallest absolute Gasteiger partial charge is 0.265 e. The van der Waals surface area contributed by atoms with E-state index in [0.29, 0.717) is 11.6 Å². The fraction of sp³-hybridized carbons (Fsp3) is 0.0909. The quantitative estimate of drug-likeness (QED) is 0.360.